The van der Waals surface area contributed by atoms with Gasteiger partial charge < -0.3 is 5.73 Å². The van der Waals surface area contributed by atoms with Gasteiger partial charge in [-0.15, -0.1) is 0 Å². The minimum atomic E-state index is -0.0565. The van der Waals surface area contributed by atoms with Gasteiger partial charge in [0.05, 0.1) is 10.0 Å². The average molecular weight is 293 g/mol. The Kier molecular flexibility index (Phi) is 4.59. The molecule has 17 heavy (non-hydrogen) atoms. The Morgan fingerprint density at radius 2 is 1.71 bits per heavy atom. The second kappa shape index (κ2) is 5.79. The lowest BCUT2D eigenvalue weighted by Gasteiger charge is -2.28. The van der Waals surface area contributed by atoms with E-state index in [1.54, 1.807) is 6.07 Å². The molecule has 94 valence electrons. The average Bonchev–Trinajstić information content (AvgIpc) is 2.34. The molecule has 0 aliphatic heterocycles. The van der Waals surface area contributed by atoms with Crippen molar-refractivity contribution in [1.82, 2.24) is 0 Å². The van der Waals surface area contributed by atoms with Crippen molar-refractivity contribution in [2.45, 2.75) is 38.1 Å². The molecule has 1 aliphatic rings. The molecular formula is C13H16Cl3N. The van der Waals surface area contributed by atoms with Gasteiger partial charge in [-0.25, -0.2) is 0 Å². The molecule has 1 saturated carbocycles. The number of rotatable bonds is 2. The van der Waals surface area contributed by atoms with E-state index in [1.165, 1.54) is 32.1 Å². The molecule has 0 heterocycles. The van der Waals surface area contributed by atoms with Gasteiger partial charge in [0, 0.05) is 11.1 Å². The molecule has 1 aliphatic carbocycles. The Morgan fingerprint density at radius 3 is 2.35 bits per heavy atom. The van der Waals surface area contributed by atoms with E-state index >= 15 is 0 Å². The van der Waals surface area contributed by atoms with Crippen LogP contribution in [-0.4, -0.2) is 0 Å². The summed E-state index contributed by atoms with van der Waals surface area (Å²) in [4.78, 5) is 0. The lowest BCUT2D eigenvalue weighted by Crippen LogP contribution is -2.23. The second-order valence-electron chi connectivity index (χ2n) is 4.71. The van der Waals surface area contributed by atoms with Crippen LogP contribution in [0.25, 0.3) is 0 Å². The molecule has 4 heteroatoms. The van der Waals surface area contributed by atoms with Crippen molar-refractivity contribution in [2.24, 2.45) is 11.7 Å². The van der Waals surface area contributed by atoms with Crippen molar-refractivity contribution in [3.8, 4) is 0 Å². The van der Waals surface area contributed by atoms with Gasteiger partial charge in [0.2, 0.25) is 0 Å². The first-order valence-electron chi connectivity index (χ1n) is 5.99. The van der Waals surface area contributed by atoms with E-state index in [9.17, 15) is 0 Å². The summed E-state index contributed by atoms with van der Waals surface area (Å²) < 4.78 is 0. The van der Waals surface area contributed by atoms with Gasteiger partial charge in [0.15, 0.2) is 0 Å². The predicted molar refractivity (Wildman–Crippen MR) is 75.0 cm³/mol. The monoisotopic (exact) mass is 291 g/mol. The summed E-state index contributed by atoms with van der Waals surface area (Å²) >= 11 is 18.2. The van der Waals surface area contributed by atoms with E-state index in [2.05, 4.69) is 0 Å². The normalized spacial score (nSPS) is 19.3. The summed E-state index contributed by atoms with van der Waals surface area (Å²) in [6, 6.07) is 3.44. The minimum absolute atomic E-state index is 0.0565. The fraction of sp³-hybridized carbons (Fsp3) is 0.538. The lowest BCUT2D eigenvalue weighted by molar-refractivity contribution is 0.308. The number of nitrogens with two attached hydrogens (primary N) is 1. The highest BCUT2D eigenvalue weighted by atomic mass is 35.5. The zero-order chi connectivity index (χ0) is 12.4. The van der Waals surface area contributed by atoms with Crippen LogP contribution in [0.3, 0.4) is 0 Å². The molecule has 0 saturated heterocycles. The number of benzene rings is 1. The molecule has 2 rings (SSSR count). The molecule has 0 unspecified atom stereocenters. The van der Waals surface area contributed by atoms with Gasteiger partial charge in [-0.05, 0) is 36.5 Å². The topological polar surface area (TPSA) is 26.0 Å². The van der Waals surface area contributed by atoms with E-state index in [0.29, 0.717) is 21.0 Å². The van der Waals surface area contributed by atoms with Gasteiger partial charge in [-0.3, -0.25) is 0 Å². The maximum absolute atomic E-state index is 6.31. The van der Waals surface area contributed by atoms with Crippen LogP contribution in [0.1, 0.15) is 43.7 Å². The Labute approximate surface area is 117 Å². The standard InChI is InChI=1S/C13H16Cl3N/c14-9-6-10(12(16)11(15)7-9)13(17)8-4-2-1-3-5-8/h6-8,13H,1-5,17H2/t13-/m0/s1. The highest BCUT2D eigenvalue weighted by molar-refractivity contribution is 6.43. The molecule has 0 radical (unpaired) electrons. The van der Waals surface area contributed by atoms with Crippen molar-refractivity contribution in [3.05, 3.63) is 32.8 Å². The van der Waals surface area contributed by atoms with Crippen LogP contribution in [0.4, 0.5) is 0 Å². The number of halogens is 3. The van der Waals surface area contributed by atoms with Crippen molar-refractivity contribution in [1.29, 1.82) is 0 Å². The van der Waals surface area contributed by atoms with Gasteiger partial charge in [0.25, 0.3) is 0 Å². The maximum atomic E-state index is 6.31. The Bertz CT molecular complexity index is 400. The summed E-state index contributed by atoms with van der Waals surface area (Å²) in [7, 11) is 0. The summed E-state index contributed by atoms with van der Waals surface area (Å²) in [6.07, 6.45) is 6.16. The zero-order valence-corrected chi connectivity index (χ0v) is 11.8. The van der Waals surface area contributed by atoms with Gasteiger partial charge in [-0.1, -0.05) is 54.1 Å². The van der Waals surface area contributed by atoms with Crippen molar-refractivity contribution in [2.75, 3.05) is 0 Å². The Morgan fingerprint density at radius 1 is 1.06 bits per heavy atom. The third-order valence-electron chi connectivity index (χ3n) is 3.54. The molecule has 0 aromatic heterocycles. The van der Waals surface area contributed by atoms with Crippen LogP contribution in [-0.2, 0) is 0 Å². The first-order valence-corrected chi connectivity index (χ1v) is 7.13. The first kappa shape index (κ1) is 13.5. The van der Waals surface area contributed by atoms with E-state index in [4.69, 9.17) is 40.5 Å². The third kappa shape index (κ3) is 3.08. The van der Waals surface area contributed by atoms with Crippen LogP contribution in [0.5, 0.6) is 0 Å². The van der Waals surface area contributed by atoms with Crippen molar-refractivity contribution in [3.63, 3.8) is 0 Å². The molecule has 0 amide bonds. The van der Waals surface area contributed by atoms with E-state index in [1.807, 2.05) is 6.07 Å². The van der Waals surface area contributed by atoms with Crippen LogP contribution in [0.15, 0.2) is 12.1 Å². The lowest BCUT2D eigenvalue weighted by atomic mass is 9.81. The Balaban J connectivity index is 2.26. The molecule has 1 nitrogen and oxygen atoms in total. The molecule has 2 N–H and O–H groups in total. The van der Waals surface area contributed by atoms with Gasteiger partial charge in [0.1, 0.15) is 0 Å². The molecule has 0 spiro atoms. The molecule has 1 atom stereocenters. The SMILES string of the molecule is N[C@H](c1cc(Cl)cc(Cl)c1Cl)C1CCCCC1. The molecular weight excluding hydrogens is 277 g/mol. The molecule has 1 fully saturated rings. The molecule has 0 bridgehead atoms. The van der Waals surface area contributed by atoms with E-state index in [-0.39, 0.29) is 6.04 Å². The minimum Gasteiger partial charge on any atom is -0.324 e. The van der Waals surface area contributed by atoms with Crippen LogP contribution in [0.2, 0.25) is 15.1 Å². The Hall–Kier alpha value is 0.0500. The van der Waals surface area contributed by atoms with Crippen LogP contribution in [0, 0.1) is 5.92 Å². The maximum Gasteiger partial charge on any atom is 0.0641 e. The summed E-state index contributed by atoms with van der Waals surface area (Å²) in [5.74, 6) is 0.496. The predicted octanol–water partition coefficient (Wildman–Crippen LogP) is 5.23. The van der Waals surface area contributed by atoms with Crippen molar-refractivity contribution < 1.29 is 0 Å². The van der Waals surface area contributed by atoms with Gasteiger partial charge in [-0.2, -0.15) is 0 Å². The van der Waals surface area contributed by atoms with E-state index < -0.39 is 0 Å². The van der Waals surface area contributed by atoms with Crippen LogP contribution >= 0.6 is 34.8 Å². The molecule has 1 aromatic rings. The summed E-state index contributed by atoms with van der Waals surface area (Å²) in [5, 5.41) is 1.63. The highest BCUT2D eigenvalue weighted by Crippen LogP contribution is 2.39. The van der Waals surface area contributed by atoms with Crippen molar-refractivity contribution >= 4 is 34.8 Å². The molecule has 1 aromatic carbocycles. The largest absolute Gasteiger partial charge is 0.324 e. The zero-order valence-electron chi connectivity index (χ0n) is 9.56. The first-order chi connectivity index (χ1) is 8.09. The smallest absolute Gasteiger partial charge is 0.0641 e. The highest BCUT2D eigenvalue weighted by Gasteiger charge is 2.24. The third-order valence-corrected chi connectivity index (χ3v) is 4.57. The summed E-state index contributed by atoms with van der Waals surface area (Å²) in [6.45, 7) is 0. The number of hydrogen-bond donors (Lipinski definition) is 1. The quantitative estimate of drug-likeness (QED) is 0.742. The fourth-order valence-corrected chi connectivity index (χ4v) is 3.31. The number of hydrogen-bond acceptors (Lipinski definition) is 1. The van der Waals surface area contributed by atoms with Gasteiger partial charge >= 0.3 is 0 Å². The second-order valence-corrected chi connectivity index (χ2v) is 5.94. The van der Waals surface area contributed by atoms with Crippen LogP contribution < -0.4 is 5.73 Å². The summed E-state index contributed by atoms with van der Waals surface area (Å²) in [5.41, 5.74) is 7.19. The van der Waals surface area contributed by atoms with E-state index in [0.717, 1.165) is 5.56 Å². The fourth-order valence-electron chi connectivity index (χ4n) is 2.57.